The molecule has 1 N–H and O–H groups in total. The van der Waals surface area contributed by atoms with Crippen LogP contribution in [0, 0.1) is 0 Å². The zero-order chi connectivity index (χ0) is 23.7. The van der Waals surface area contributed by atoms with Crippen LogP contribution in [0.4, 0.5) is 30.5 Å². The Morgan fingerprint density at radius 3 is 2.53 bits per heavy atom. The van der Waals surface area contributed by atoms with Crippen LogP contribution in [0.1, 0.15) is 19.5 Å². The van der Waals surface area contributed by atoms with Crippen LogP contribution in [0.5, 0.6) is 0 Å². The van der Waals surface area contributed by atoms with E-state index in [1.54, 1.807) is 6.07 Å². The lowest BCUT2D eigenvalue weighted by molar-refractivity contribution is -0.137. The van der Waals surface area contributed by atoms with Crippen molar-refractivity contribution in [2.45, 2.75) is 25.6 Å². The van der Waals surface area contributed by atoms with E-state index in [-0.39, 0.29) is 1.43 Å². The molecule has 5 rings (SSSR count). The Morgan fingerprint density at radius 1 is 1.06 bits per heavy atom. The molecule has 0 aliphatic carbocycles. The van der Waals surface area contributed by atoms with Gasteiger partial charge in [-0.3, -0.25) is 4.90 Å². The topological polar surface area (TPSA) is 58.5 Å². The number of benzene rings is 2. The summed E-state index contributed by atoms with van der Waals surface area (Å²) in [6.45, 7) is 7.69. The lowest BCUT2D eigenvalue weighted by Gasteiger charge is -2.43. The van der Waals surface area contributed by atoms with Crippen LogP contribution in [0.2, 0.25) is 0 Å². The molecule has 0 bridgehead atoms. The van der Waals surface area contributed by atoms with Gasteiger partial charge in [-0.2, -0.15) is 18.2 Å². The number of aryl methyl sites for hydroxylation is 1. The van der Waals surface area contributed by atoms with Gasteiger partial charge in [0.25, 0.3) is 0 Å². The normalized spacial score (nSPS) is 17.6. The average Bonchev–Trinajstić information content (AvgIpc) is 3.26. The van der Waals surface area contributed by atoms with Gasteiger partial charge in [-0.25, -0.2) is 4.68 Å². The van der Waals surface area contributed by atoms with Crippen LogP contribution in [-0.2, 0) is 17.3 Å². The zero-order valence-corrected chi connectivity index (χ0v) is 18.9. The fraction of sp³-hybridized carbons (Fsp3) is 0.417. The van der Waals surface area contributed by atoms with Crippen LogP contribution in [0.15, 0.2) is 48.8 Å². The molecule has 2 aromatic carbocycles. The van der Waals surface area contributed by atoms with Gasteiger partial charge in [-0.15, -0.1) is 5.10 Å². The number of ether oxygens (including phenoxy) is 1. The van der Waals surface area contributed by atoms with E-state index in [2.05, 4.69) is 50.3 Å². The second-order valence-corrected chi connectivity index (χ2v) is 8.64. The number of piperazine rings is 1. The number of nitrogens with one attached hydrogen (secondary N) is 1. The van der Waals surface area contributed by atoms with Gasteiger partial charge in [-0.05, 0) is 48.4 Å². The van der Waals surface area contributed by atoms with Gasteiger partial charge >= 0.3 is 6.18 Å². The summed E-state index contributed by atoms with van der Waals surface area (Å²) in [5, 5.41) is 7.56. The molecule has 0 amide bonds. The highest BCUT2D eigenvalue weighted by Crippen LogP contribution is 2.30. The second-order valence-electron chi connectivity index (χ2n) is 8.64. The largest absolute Gasteiger partial charge is 0.416 e. The highest BCUT2D eigenvalue weighted by atomic mass is 19.4. The van der Waals surface area contributed by atoms with Crippen molar-refractivity contribution >= 4 is 17.3 Å². The maximum Gasteiger partial charge on any atom is 0.416 e. The van der Waals surface area contributed by atoms with Crippen molar-refractivity contribution in [3.63, 3.8) is 0 Å². The highest BCUT2D eigenvalue weighted by molar-refractivity contribution is 5.64. The first-order valence-electron chi connectivity index (χ1n) is 11.5. The molecule has 7 nitrogen and oxygen atoms in total. The van der Waals surface area contributed by atoms with E-state index in [9.17, 15) is 13.2 Å². The fourth-order valence-electron chi connectivity index (χ4n) is 4.31. The molecule has 3 aromatic rings. The summed E-state index contributed by atoms with van der Waals surface area (Å²) in [5.74, 6) is 0.325. The maximum absolute atomic E-state index is 13.1. The third kappa shape index (κ3) is 4.88. The number of anilines is 3. The van der Waals surface area contributed by atoms with Gasteiger partial charge in [0.1, 0.15) is 6.33 Å². The molecule has 0 atom stereocenters. The van der Waals surface area contributed by atoms with E-state index < -0.39 is 11.7 Å². The third-order valence-corrected chi connectivity index (χ3v) is 6.39. The van der Waals surface area contributed by atoms with Crippen molar-refractivity contribution in [2.24, 2.45) is 0 Å². The Labute approximate surface area is 197 Å². The molecule has 1 aromatic heterocycles. The number of alkyl halides is 3. The van der Waals surface area contributed by atoms with Crippen LogP contribution >= 0.6 is 0 Å². The molecule has 2 aliphatic rings. The molecule has 2 aliphatic heterocycles. The molecule has 3 heterocycles. The third-order valence-electron chi connectivity index (χ3n) is 6.39. The molecule has 0 unspecified atom stereocenters. The van der Waals surface area contributed by atoms with Gasteiger partial charge in [0.15, 0.2) is 0 Å². The van der Waals surface area contributed by atoms with Gasteiger partial charge < -0.3 is 15.0 Å². The number of halogens is 3. The van der Waals surface area contributed by atoms with Crippen LogP contribution in [-0.4, -0.2) is 65.1 Å². The molecule has 34 heavy (non-hydrogen) atoms. The zero-order valence-electron chi connectivity index (χ0n) is 18.9. The monoisotopic (exact) mass is 474 g/mol. The standard InChI is InChI=1S/C24H27F3N6O.H2/c1-2-17-10-19(13-21(11-17)31-6-8-32(9-7-31)22-14-34-15-22)29-23-28-16-33(30-23)20-5-3-4-18(12-20)24(25,26)27;/h3-5,10-13,16,22H,2,6-9,14-15H2,1H3,(H,29,30);1H. The summed E-state index contributed by atoms with van der Waals surface area (Å²) in [6.07, 6.45) is -2.12. The number of hydrogen-bond acceptors (Lipinski definition) is 6. The van der Waals surface area contributed by atoms with E-state index >= 15 is 0 Å². The van der Waals surface area contributed by atoms with E-state index in [0.29, 0.717) is 17.7 Å². The van der Waals surface area contributed by atoms with Crippen molar-refractivity contribution in [3.8, 4) is 5.69 Å². The van der Waals surface area contributed by atoms with E-state index in [0.717, 1.165) is 69.3 Å². The molecule has 10 heteroatoms. The SMILES string of the molecule is CCc1cc(Nc2ncn(-c3cccc(C(F)(F)F)c3)n2)cc(N2CCN(C3COC3)CC2)c1.[HH]. The van der Waals surface area contributed by atoms with Crippen LogP contribution in [0.25, 0.3) is 5.69 Å². The molecular formula is C24H29F3N6O. The summed E-state index contributed by atoms with van der Waals surface area (Å²) >= 11 is 0. The Bertz CT molecular complexity index is 1140. The maximum atomic E-state index is 13.1. The first kappa shape index (κ1) is 22.7. The summed E-state index contributed by atoms with van der Waals surface area (Å²) in [5.41, 5.74) is 2.76. The number of hydrogen-bond donors (Lipinski definition) is 1. The minimum Gasteiger partial charge on any atom is -0.378 e. The van der Waals surface area contributed by atoms with Crippen molar-refractivity contribution in [1.82, 2.24) is 19.7 Å². The fourth-order valence-corrected chi connectivity index (χ4v) is 4.31. The van der Waals surface area contributed by atoms with Crippen molar-refractivity contribution in [2.75, 3.05) is 49.6 Å². The quantitative estimate of drug-likeness (QED) is 0.573. The Morgan fingerprint density at radius 2 is 1.85 bits per heavy atom. The summed E-state index contributed by atoms with van der Waals surface area (Å²) in [6, 6.07) is 11.9. The minimum absolute atomic E-state index is 0. The Kier molecular flexibility index (Phi) is 6.18. The molecule has 182 valence electrons. The highest BCUT2D eigenvalue weighted by Gasteiger charge is 2.31. The molecule has 0 radical (unpaired) electrons. The molecule has 2 saturated heterocycles. The van der Waals surface area contributed by atoms with Gasteiger partial charge in [0.05, 0.1) is 30.5 Å². The van der Waals surface area contributed by atoms with Gasteiger partial charge in [0.2, 0.25) is 5.95 Å². The van der Waals surface area contributed by atoms with E-state index in [4.69, 9.17) is 4.74 Å². The second kappa shape index (κ2) is 9.27. The number of nitrogens with zero attached hydrogens (tertiary/aromatic N) is 5. The van der Waals surface area contributed by atoms with Crippen molar-refractivity contribution in [3.05, 3.63) is 59.9 Å². The lowest BCUT2D eigenvalue weighted by Crippen LogP contribution is -2.56. The predicted molar refractivity (Wildman–Crippen MR) is 126 cm³/mol. The van der Waals surface area contributed by atoms with Gasteiger partial charge in [0, 0.05) is 39.0 Å². The van der Waals surface area contributed by atoms with Gasteiger partial charge in [-0.1, -0.05) is 13.0 Å². The Hall–Kier alpha value is -3.11. The Balaban J connectivity index is 0.00000289. The summed E-state index contributed by atoms with van der Waals surface area (Å²) in [4.78, 5) is 9.13. The molecular weight excluding hydrogens is 445 g/mol. The van der Waals surface area contributed by atoms with Crippen LogP contribution in [0.3, 0.4) is 0 Å². The van der Waals surface area contributed by atoms with Crippen molar-refractivity contribution < 1.29 is 19.3 Å². The predicted octanol–water partition coefficient (Wildman–Crippen LogP) is 4.36. The van der Waals surface area contributed by atoms with E-state index in [1.165, 1.54) is 22.6 Å². The number of rotatable bonds is 6. The summed E-state index contributed by atoms with van der Waals surface area (Å²) in [7, 11) is 0. The summed E-state index contributed by atoms with van der Waals surface area (Å²) < 4.78 is 45.8. The smallest absolute Gasteiger partial charge is 0.378 e. The lowest BCUT2D eigenvalue weighted by atomic mass is 10.1. The molecule has 0 spiro atoms. The molecule has 0 saturated carbocycles. The minimum atomic E-state index is -4.41. The first-order valence-corrected chi connectivity index (χ1v) is 11.5. The first-order chi connectivity index (χ1) is 16.4. The van der Waals surface area contributed by atoms with Crippen molar-refractivity contribution in [1.29, 1.82) is 0 Å². The van der Waals surface area contributed by atoms with Crippen LogP contribution < -0.4 is 10.2 Å². The average molecular weight is 475 g/mol. The molecule has 2 fully saturated rings. The number of aromatic nitrogens is 3. The van der Waals surface area contributed by atoms with E-state index in [1.807, 2.05) is 0 Å².